The molecule has 0 spiro atoms. The van der Waals surface area contributed by atoms with Crippen LogP contribution in [0.4, 0.5) is 0 Å². The Morgan fingerprint density at radius 2 is 1.43 bits per heavy atom. The molecule has 192 valence electrons. The van der Waals surface area contributed by atoms with Crippen LogP contribution in [0.3, 0.4) is 0 Å². The molecular weight excluding hydrogens is 653 g/mol. The first-order valence-corrected chi connectivity index (χ1v) is 12.9. The first-order chi connectivity index (χ1) is 15.4. The van der Waals surface area contributed by atoms with Crippen molar-refractivity contribution >= 4 is 27.4 Å². The molecular formula is C18H32N2O11P2Rb2. The van der Waals surface area contributed by atoms with Crippen molar-refractivity contribution in [1.82, 2.24) is 10.2 Å². The average molecular weight is 685 g/mol. The van der Waals surface area contributed by atoms with E-state index in [1.807, 2.05) is 18.9 Å². The van der Waals surface area contributed by atoms with E-state index in [9.17, 15) is 28.9 Å². The number of carboxylic acid groups (broad SMARTS) is 2. The quantitative estimate of drug-likeness (QED) is 0.132. The Labute approximate surface area is 304 Å². The summed E-state index contributed by atoms with van der Waals surface area (Å²) < 4.78 is 42.3. The maximum Gasteiger partial charge on any atom is 1.00 e. The summed E-state index contributed by atoms with van der Waals surface area (Å²) in [5.41, 5.74) is 0. The number of benzene rings is 1. The molecule has 0 aliphatic heterocycles. The van der Waals surface area contributed by atoms with E-state index in [2.05, 4.69) is 14.3 Å². The third kappa shape index (κ3) is 23.4. The van der Waals surface area contributed by atoms with E-state index in [0.717, 1.165) is 0 Å². The Morgan fingerprint density at radius 1 is 0.971 bits per heavy atom. The zero-order chi connectivity index (χ0) is 26.1. The second-order valence-electron chi connectivity index (χ2n) is 5.72. The normalized spacial score (nSPS) is 14.8. The Bertz CT molecular complexity index is 791. The zero-order valence-electron chi connectivity index (χ0n) is 21.4. The van der Waals surface area contributed by atoms with E-state index in [1.165, 1.54) is 27.9 Å². The van der Waals surface area contributed by atoms with Gasteiger partial charge in [-0.1, -0.05) is 32.0 Å². The molecule has 0 aliphatic carbocycles. The van der Waals surface area contributed by atoms with E-state index in [4.69, 9.17) is 13.9 Å². The second-order valence-corrected chi connectivity index (χ2v) is 8.97. The molecule has 4 atom stereocenters. The number of carbonyl (C=O) groups excluding carboxylic acids is 2. The number of carbonyl (C=O) groups is 2. The number of nitrogens with one attached hydrogen (secondary N) is 2. The van der Waals surface area contributed by atoms with Crippen LogP contribution in [0.15, 0.2) is 30.3 Å². The van der Waals surface area contributed by atoms with Gasteiger partial charge in [0.1, 0.15) is 5.75 Å². The number of rotatable bonds is 13. The summed E-state index contributed by atoms with van der Waals surface area (Å²) >= 11 is 0. The van der Waals surface area contributed by atoms with Gasteiger partial charge in [0.15, 0.2) is 6.79 Å². The zero-order valence-corrected chi connectivity index (χ0v) is 33.0. The van der Waals surface area contributed by atoms with Crippen LogP contribution >= 0.6 is 15.5 Å². The number of methoxy groups -OCH3 is 1. The molecule has 0 aromatic heterocycles. The molecule has 2 unspecified atom stereocenters. The Balaban J connectivity index is -0.000000263. The van der Waals surface area contributed by atoms with Crippen molar-refractivity contribution < 1.29 is 169 Å². The van der Waals surface area contributed by atoms with Gasteiger partial charge in [-0.2, -0.15) is 0 Å². The van der Waals surface area contributed by atoms with Crippen LogP contribution in [0.25, 0.3) is 0 Å². The van der Waals surface area contributed by atoms with Gasteiger partial charge in [-0.3, -0.25) is 9.05 Å². The summed E-state index contributed by atoms with van der Waals surface area (Å²) in [6.07, 6.45) is 0. The van der Waals surface area contributed by atoms with E-state index in [1.54, 1.807) is 30.3 Å². The number of ether oxygens (including phenoxy) is 1. The second kappa shape index (κ2) is 24.8. The standard InChI is InChI=1S/C11H16NO6P.C5H12NO5P.C2H6.2Rb/c1-9(11(13)14)12-19(15,17-8-16-2)18-10-6-4-3-5-7-10;1-3-11-12(9,10)6-4(2)5(7)8;1-2;;/h3-7,9H,8H2,1-2H3,(H,12,15)(H,13,14);4H,3H2,1-2H3,(H,7,8)(H2,6,9,10);1-2H3;;/q;;;2*+1/p-2/t9-,19?;4-;;;/m00.../s1. The van der Waals surface area contributed by atoms with Crippen molar-refractivity contribution in [3.05, 3.63) is 30.3 Å². The average Bonchev–Trinajstić information content (AvgIpc) is 2.74. The summed E-state index contributed by atoms with van der Waals surface area (Å²) in [5, 5.41) is 24.9. The fourth-order valence-electron chi connectivity index (χ4n) is 1.63. The van der Waals surface area contributed by atoms with E-state index >= 15 is 0 Å². The number of hydrogen-bond acceptors (Lipinski definition) is 10. The third-order valence-electron chi connectivity index (χ3n) is 3.03. The van der Waals surface area contributed by atoms with Crippen LogP contribution in [-0.4, -0.2) is 49.4 Å². The molecule has 0 amide bonds. The summed E-state index contributed by atoms with van der Waals surface area (Å²) in [6, 6.07) is 5.82. The molecule has 35 heavy (non-hydrogen) atoms. The minimum absolute atomic E-state index is 0. The van der Waals surface area contributed by atoms with Crippen molar-refractivity contribution in [2.75, 3.05) is 20.5 Å². The maximum absolute atomic E-state index is 12.3. The van der Waals surface area contributed by atoms with Gasteiger partial charge in [0, 0.05) is 7.11 Å². The van der Waals surface area contributed by atoms with Gasteiger partial charge in [0.05, 0.1) is 30.6 Å². The van der Waals surface area contributed by atoms with Gasteiger partial charge in [-0.05, 0) is 32.9 Å². The molecule has 17 heteroatoms. The maximum atomic E-state index is 12.3. The molecule has 13 nitrogen and oxygen atoms in total. The Kier molecular flexibility index (Phi) is 31.1. The van der Waals surface area contributed by atoms with Gasteiger partial charge in [-0.25, -0.2) is 19.3 Å². The molecule has 0 saturated heterocycles. The third-order valence-corrected chi connectivity index (χ3v) is 5.95. The SMILES string of the molecule is CC.CCOP(=O)(O)N[C@@H](C)C(=O)[O-].COCOP(=O)(N[C@@H](C)C(=O)[O-])Oc1ccccc1.[Rb+].[Rb+]. The van der Waals surface area contributed by atoms with Crippen molar-refractivity contribution in [3.8, 4) is 5.75 Å². The monoisotopic (exact) mass is 684 g/mol. The fourth-order valence-corrected chi connectivity index (χ4v) is 4.05. The number of aliphatic carboxylic acids is 2. The predicted molar refractivity (Wildman–Crippen MR) is 116 cm³/mol. The van der Waals surface area contributed by atoms with E-state index in [0.29, 0.717) is 0 Å². The summed E-state index contributed by atoms with van der Waals surface area (Å²) in [5.74, 6) is -2.60. The van der Waals surface area contributed by atoms with Crippen molar-refractivity contribution in [2.24, 2.45) is 0 Å². The van der Waals surface area contributed by atoms with Crippen LogP contribution < -0.4 is 141 Å². The molecule has 3 N–H and O–H groups in total. The molecule has 1 aromatic rings. The summed E-state index contributed by atoms with van der Waals surface area (Å²) in [6.45, 7) is 7.70. The van der Waals surface area contributed by atoms with Crippen LogP contribution in [0, 0.1) is 0 Å². The van der Waals surface area contributed by atoms with Gasteiger partial charge in [0.2, 0.25) is 0 Å². The van der Waals surface area contributed by atoms with Crippen molar-refractivity contribution in [3.63, 3.8) is 0 Å². The van der Waals surface area contributed by atoms with E-state index < -0.39 is 39.5 Å². The van der Waals surface area contributed by atoms with Crippen LogP contribution in [0.1, 0.15) is 34.6 Å². The molecule has 0 aliphatic rings. The first-order valence-electron chi connectivity index (χ1n) is 9.78. The largest absolute Gasteiger partial charge is 1.00 e. The summed E-state index contributed by atoms with van der Waals surface area (Å²) in [7, 11) is -6.49. The molecule has 0 saturated carbocycles. The minimum atomic E-state index is -3.97. The topological polar surface area (TPSA) is 196 Å². The predicted octanol–water partition coefficient (Wildman–Crippen LogP) is -5.59. The minimum Gasteiger partial charge on any atom is -0.548 e. The smallest absolute Gasteiger partial charge is 0.548 e. The number of para-hydroxylation sites is 1. The number of carboxylic acids is 2. The molecule has 1 rings (SSSR count). The first kappa shape index (κ1) is 43.8. The van der Waals surface area contributed by atoms with Crippen molar-refractivity contribution in [2.45, 2.75) is 46.7 Å². The molecule has 0 bridgehead atoms. The molecule has 1 aromatic carbocycles. The summed E-state index contributed by atoms with van der Waals surface area (Å²) in [4.78, 5) is 29.7. The van der Waals surface area contributed by atoms with Gasteiger partial charge >= 0.3 is 132 Å². The van der Waals surface area contributed by atoms with Crippen LogP contribution in [-0.2, 0) is 32.5 Å². The molecule has 0 fully saturated rings. The van der Waals surface area contributed by atoms with Crippen LogP contribution in [0.2, 0.25) is 0 Å². The van der Waals surface area contributed by atoms with Gasteiger partial charge in [0.25, 0.3) is 0 Å². The molecule has 0 heterocycles. The molecule has 0 radical (unpaired) electrons. The van der Waals surface area contributed by atoms with Crippen LogP contribution in [0.5, 0.6) is 5.75 Å². The van der Waals surface area contributed by atoms with Gasteiger partial charge < -0.3 is 34.0 Å². The Morgan fingerprint density at radius 3 is 1.83 bits per heavy atom. The fraction of sp³-hybridized carbons (Fsp3) is 0.556. The van der Waals surface area contributed by atoms with Gasteiger partial charge in [-0.15, -0.1) is 0 Å². The Hall–Kier alpha value is 1.79. The number of hydrogen-bond donors (Lipinski definition) is 3. The van der Waals surface area contributed by atoms with Crippen molar-refractivity contribution in [1.29, 1.82) is 0 Å². The van der Waals surface area contributed by atoms with E-state index in [-0.39, 0.29) is 136 Å².